The van der Waals surface area contributed by atoms with E-state index in [1.807, 2.05) is 0 Å². The average Bonchev–Trinajstić information content (AvgIpc) is 2.62. The van der Waals surface area contributed by atoms with Gasteiger partial charge >= 0.3 is 0 Å². The summed E-state index contributed by atoms with van der Waals surface area (Å²) in [5.41, 5.74) is -0.782. The van der Waals surface area contributed by atoms with Gasteiger partial charge in [-0.25, -0.2) is 17.2 Å². The lowest BCUT2D eigenvalue weighted by molar-refractivity contribution is 0.101. The molecule has 0 bridgehead atoms. The van der Waals surface area contributed by atoms with Crippen LogP contribution in [0.2, 0.25) is 0 Å². The van der Waals surface area contributed by atoms with E-state index in [9.17, 15) is 22.0 Å². The van der Waals surface area contributed by atoms with Crippen molar-refractivity contribution in [2.45, 2.75) is 18.7 Å². The first-order valence-electron chi connectivity index (χ1n) is 8.19. The number of halogens is 2. The van der Waals surface area contributed by atoms with E-state index >= 15 is 0 Å². The molecule has 0 radical (unpaired) electrons. The van der Waals surface area contributed by atoms with Gasteiger partial charge in [-0.3, -0.25) is 4.79 Å². The van der Waals surface area contributed by atoms with E-state index in [0.717, 1.165) is 18.2 Å². The molecule has 6 nitrogen and oxygen atoms in total. The quantitative estimate of drug-likeness (QED) is 0.777. The highest BCUT2D eigenvalue weighted by atomic mass is 32.2. The first-order valence-corrected chi connectivity index (χ1v) is 9.63. The van der Waals surface area contributed by atoms with Crippen LogP contribution in [0.1, 0.15) is 24.2 Å². The summed E-state index contributed by atoms with van der Waals surface area (Å²) in [6, 6.07) is 6.95. The molecule has 0 aliphatic carbocycles. The highest BCUT2D eigenvalue weighted by molar-refractivity contribution is 7.89. The van der Waals surface area contributed by atoms with Crippen LogP contribution in [0.25, 0.3) is 0 Å². The van der Waals surface area contributed by atoms with Gasteiger partial charge in [0, 0.05) is 13.1 Å². The van der Waals surface area contributed by atoms with Crippen LogP contribution in [0.5, 0.6) is 5.75 Å². The van der Waals surface area contributed by atoms with Crippen LogP contribution in [0.15, 0.2) is 41.3 Å². The van der Waals surface area contributed by atoms with Gasteiger partial charge in [-0.1, -0.05) is 19.9 Å². The number of rotatable bonds is 7. The number of benzene rings is 2. The van der Waals surface area contributed by atoms with E-state index in [2.05, 4.69) is 5.32 Å². The normalized spacial score (nSPS) is 11.5. The van der Waals surface area contributed by atoms with E-state index < -0.39 is 33.1 Å². The largest absolute Gasteiger partial charge is 0.495 e. The summed E-state index contributed by atoms with van der Waals surface area (Å²) in [5.74, 6) is -2.96. The van der Waals surface area contributed by atoms with Crippen molar-refractivity contribution in [2.75, 3.05) is 25.5 Å². The summed E-state index contributed by atoms with van der Waals surface area (Å²) in [6.07, 6.45) is 0. The Hall–Kier alpha value is -2.52. The van der Waals surface area contributed by atoms with Crippen molar-refractivity contribution in [3.05, 3.63) is 53.6 Å². The third-order valence-electron chi connectivity index (χ3n) is 3.95. The van der Waals surface area contributed by atoms with Gasteiger partial charge in [0.2, 0.25) is 10.0 Å². The van der Waals surface area contributed by atoms with Crippen LogP contribution in [0.4, 0.5) is 14.5 Å². The van der Waals surface area contributed by atoms with Crippen LogP contribution in [0.3, 0.4) is 0 Å². The summed E-state index contributed by atoms with van der Waals surface area (Å²) in [6.45, 7) is 3.95. The summed E-state index contributed by atoms with van der Waals surface area (Å²) in [5, 5.41) is 2.32. The lowest BCUT2D eigenvalue weighted by atomic mass is 10.1. The van der Waals surface area contributed by atoms with E-state index in [-0.39, 0.29) is 29.4 Å². The number of carbonyl (C=O) groups excluding carboxylic acids is 1. The van der Waals surface area contributed by atoms with Crippen molar-refractivity contribution in [1.82, 2.24) is 4.31 Å². The molecule has 0 heterocycles. The minimum Gasteiger partial charge on any atom is -0.495 e. The number of nitrogens with one attached hydrogen (secondary N) is 1. The van der Waals surface area contributed by atoms with E-state index in [1.165, 1.54) is 29.6 Å². The lowest BCUT2D eigenvalue weighted by Crippen LogP contribution is -2.30. The number of carbonyl (C=O) groups is 1. The van der Waals surface area contributed by atoms with E-state index in [1.54, 1.807) is 13.8 Å². The summed E-state index contributed by atoms with van der Waals surface area (Å²) in [7, 11) is -2.46. The Morgan fingerprint density at radius 3 is 2.22 bits per heavy atom. The average molecular weight is 398 g/mol. The number of anilines is 1. The molecule has 9 heteroatoms. The van der Waals surface area contributed by atoms with E-state index in [4.69, 9.17) is 4.74 Å². The van der Waals surface area contributed by atoms with Crippen molar-refractivity contribution >= 4 is 21.6 Å². The number of hydrogen-bond acceptors (Lipinski definition) is 4. The highest BCUT2D eigenvalue weighted by Gasteiger charge is 2.24. The predicted molar refractivity (Wildman–Crippen MR) is 97.4 cm³/mol. The molecule has 0 aromatic heterocycles. The zero-order valence-electron chi connectivity index (χ0n) is 15.1. The number of ether oxygens (including phenoxy) is 1. The first-order chi connectivity index (χ1) is 12.8. The Kier molecular flexibility index (Phi) is 6.50. The second-order valence-electron chi connectivity index (χ2n) is 5.50. The molecule has 0 saturated carbocycles. The summed E-state index contributed by atoms with van der Waals surface area (Å²) in [4.78, 5) is 12.3. The third kappa shape index (κ3) is 4.25. The highest BCUT2D eigenvalue weighted by Crippen LogP contribution is 2.29. The molecule has 2 aromatic rings. The molecule has 1 amide bonds. The molecule has 0 unspecified atom stereocenters. The standard InChI is InChI=1S/C18H20F2N2O4S/c1-4-22(5-2)27(24,25)12-9-10-16(26-3)15(11-12)21-18(23)17-13(19)7-6-8-14(17)20/h6-11H,4-5H2,1-3H3,(H,21,23). The van der Waals surface area contributed by atoms with Gasteiger partial charge in [0.05, 0.1) is 17.7 Å². The molecule has 27 heavy (non-hydrogen) atoms. The van der Waals surface area contributed by atoms with Crippen LogP contribution in [0, 0.1) is 11.6 Å². The maximum absolute atomic E-state index is 13.8. The predicted octanol–water partition coefficient (Wildman–Crippen LogP) is 3.26. The van der Waals surface area contributed by atoms with Crippen molar-refractivity contribution in [3.8, 4) is 5.75 Å². The van der Waals surface area contributed by atoms with Gasteiger partial charge in [0.1, 0.15) is 22.9 Å². The Morgan fingerprint density at radius 1 is 1.11 bits per heavy atom. The lowest BCUT2D eigenvalue weighted by Gasteiger charge is -2.19. The molecular weight excluding hydrogens is 378 g/mol. The molecule has 0 spiro atoms. The van der Waals surface area contributed by atoms with Gasteiger partial charge in [-0.15, -0.1) is 0 Å². The van der Waals surface area contributed by atoms with Crippen molar-refractivity contribution < 1.29 is 26.7 Å². The molecule has 0 aliphatic rings. The van der Waals surface area contributed by atoms with Gasteiger partial charge in [0.25, 0.3) is 5.91 Å². The number of amides is 1. The maximum Gasteiger partial charge on any atom is 0.261 e. The number of nitrogens with zero attached hydrogens (tertiary/aromatic N) is 1. The third-order valence-corrected chi connectivity index (χ3v) is 6.00. The fraction of sp³-hybridized carbons (Fsp3) is 0.278. The number of methoxy groups -OCH3 is 1. The molecule has 0 aliphatic heterocycles. The Balaban J connectivity index is 2.46. The molecule has 146 valence electrons. The second kappa shape index (κ2) is 8.45. The van der Waals surface area contributed by atoms with Crippen molar-refractivity contribution in [3.63, 3.8) is 0 Å². The fourth-order valence-electron chi connectivity index (χ4n) is 2.56. The Morgan fingerprint density at radius 2 is 1.70 bits per heavy atom. The molecule has 1 N–H and O–H groups in total. The summed E-state index contributed by atoms with van der Waals surface area (Å²) >= 11 is 0. The zero-order chi connectivity index (χ0) is 20.2. The molecule has 0 fully saturated rings. The van der Waals surface area contributed by atoms with E-state index in [0.29, 0.717) is 0 Å². The van der Waals surface area contributed by atoms with Gasteiger partial charge in [-0.05, 0) is 30.3 Å². The van der Waals surface area contributed by atoms with Crippen LogP contribution < -0.4 is 10.1 Å². The fourth-order valence-corrected chi connectivity index (χ4v) is 4.04. The molecule has 2 aromatic carbocycles. The molecule has 0 saturated heterocycles. The maximum atomic E-state index is 13.8. The first kappa shape index (κ1) is 20.8. The molecule has 2 rings (SSSR count). The monoisotopic (exact) mass is 398 g/mol. The Labute approximate surface area is 156 Å². The topological polar surface area (TPSA) is 75.7 Å². The van der Waals surface area contributed by atoms with Crippen molar-refractivity contribution in [2.24, 2.45) is 0 Å². The van der Waals surface area contributed by atoms with Gasteiger partial charge < -0.3 is 10.1 Å². The zero-order valence-corrected chi connectivity index (χ0v) is 15.9. The number of hydrogen-bond donors (Lipinski definition) is 1. The minimum absolute atomic E-state index is 0.0154. The van der Waals surface area contributed by atoms with Crippen LogP contribution >= 0.6 is 0 Å². The SMILES string of the molecule is CCN(CC)S(=O)(=O)c1ccc(OC)c(NC(=O)c2c(F)cccc2F)c1. The summed E-state index contributed by atoms with van der Waals surface area (Å²) < 4.78 is 59.3. The minimum atomic E-state index is -3.79. The molecule has 0 atom stereocenters. The van der Waals surface area contributed by atoms with Crippen molar-refractivity contribution in [1.29, 1.82) is 0 Å². The smallest absolute Gasteiger partial charge is 0.261 e. The van der Waals surface area contributed by atoms with Crippen LogP contribution in [-0.4, -0.2) is 38.8 Å². The van der Waals surface area contributed by atoms with Gasteiger partial charge in [-0.2, -0.15) is 4.31 Å². The molecular formula is C18H20F2N2O4S. The van der Waals surface area contributed by atoms with Gasteiger partial charge in [0.15, 0.2) is 0 Å². The number of sulfonamides is 1. The second-order valence-corrected chi connectivity index (χ2v) is 7.44. The Bertz CT molecular complexity index is 924. The van der Waals surface area contributed by atoms with Crippen LogP contribution in [-0.2, 0) is 10.0 Å².